The lowest BCUT2D eigenvalue weighted by atomic mass is 10.0. The minimum atomic E-state index is -0.853. The van der Waals surface area contributed by atoms with Crippen molar-refractivity contribution in [3.05, 3.63) is 81.4 Å². The fraction of sp³-hybridized carbons (Fsp3) is 0.231. The second-order valence-electron chi connectivity index (χ2n) is 8.62. The van der Waals surface area contributed by atoms with Crippen LogP contribution < -0.4 is 10.9 Å². The van der Waals surface area contributed by atoms with Crippen LogP contribution in [0.4, 0.5) is 5.69 Å². The summed E-state index contributed by atoms with van der Waals surface area (Å²) in [6, 6.07) is 15.6. The minimum Gasteiger partial charge on any atom is -0.481 e. The Bertz CT molecular complexity index is 1510. The quantitative estimate of drug-likeness (QED) is 0.364. The molecule has 172 valence electrons. The number of aromatic amines is 1. The summed E-state index contributed by atoms with van der Waals surface area (Å²) in [6.07, 6.45) is 0.490. The van der Waals surface area contributed by atoms with Gasteiger partial charge in [-0.25, -0.2) is 4.98 Å². The molecule has 0 unspecified atom stereocenters. The van der Waals surface area contributed by atoms with Gasteiger partial charge in [0.15, 0.2) is 0 Å². The molecular formula is C26H24N4O4. The number of anilines is 1. The van der Waals surface area contributed by atoms with Gasteiger partial charge in [-0.3, -0.25) is 14.4 Å². The van der Waals surface area contributed by atoms with Crippen molar-refractivity contribution < 1.29 is 14.7 Å². The van der Waals surface area contributed by atoms with Crippen LogP contribution in [0, 0.1) is 6.92 Å². The molecule has 0 bridgehead atoms. The highest BCUT2D eigenvalue weighted by Gasteiger charge is 2.27. The first-order valence-corrected chi connectivity index (χ1v) is 11.2. The van der Waals surface area contributed by atoms with Gasteiger partial charge < -0.3 is 20.3 Å². The number of aryl methyl sites for hydroxylation is 1. The van der Waals surface area contributed by atoms with E-state index >= 15 is 0 Å². The maximum Gasteiger partial charge on any atom is 0.303 e. The van der Waals surface area contributed by atoms with Gasteiger partial charge in [0, 0.05) is 37.3 Å². The van der Waals surface area contributed by atoms with E-state index in [0.29, 0.717) is 48.3 Å². The van der Waals surface area contributed by atoms with Crippen LogP contribution in [0.15, 0.2) is 53.3 Å². The number of carbonyl (C=O) groups is 2. The second kappa shape index (κ2) is 8.62. The van der Waals surface area contributed by atoms with Gasteiger partial charge in [-0.2, -0.15) is 0 Å². The monoisotopic (exact) mass is 456 g/mol. The molecular weight excluding hydrogens is 432 g/mol. The molecule has 3 N–H and O–H groups in total. The molecule has 3 aromatic carbocycles. The largest absolute Gasteiger partial charge is 0.481 e. The van der Waals surface area contributed by atoms with E-state index in [9.17, 15) is 14.4 Å². The van der Waals surface area contributed by atoms with Gasteiger partial charge in [-0.1, -0.05) is 18.2 Å². The number of carboxylic acids is 1. The highest BCUT2D eigenvalue weighted by Crippen LogP contribution is 2.27. The van der Waals surface area contributed by atoms with E-state index in [2.05, 4.69) is 15.3 Å². The van der Waals surface area contributed by atoms with Crippen LogP contribution in [0.1, 0.15) is 40.2 Å². The standard InChI is InChI=1S/C26H24N4O4/c1-15-28-22-9-6-17-5-4-16(11-21(17)24(22)25(33)29-15)13-27-19-7-8-20-18(12-19)14-30(26(20)34)10-2-3-23(31)32/h4-9,11-12,27H,2-3,10,13-14H2,1H3,(H,31,32)(H,28,29,33). The van der Waals surface area contributed by atoms with Crippen LogP contribution in [0.3, 0.4) is 0 Å². The smallest absolute Gasteiger partial charge is 0.303 e. The molecule has 0 radical (unpaired) electrons. The molecule has 1 aromatic heterocycles. The van der Waals surface area contributed by atoms with Crippen LogP contribution >= 0.6 is 0 Å². The zero-order valence-electron chi connectivity index (χ0n) is 18.7. The van der Waals surface area contributed by atoms with Crippen molar-refractivity contribution in [3.63, 3.8) is 0 Å². The van der Waals surface area contributed by atoms with E-state index in [-0.39, 0.29) is 17.9 Å². The Balaban J connectivity index is 1.34. The van der Waals surface area contributed by atoms with Crippen LogP contribution in [-0.2, 0) is 17.9 Å². The average molecular weight is 457 g/mol. The summed E-state index contributed by atoms with van der Waals surface area (Å²) >= 11 is 0. The lowest BCUT2D eigenvalue weighted by molar-refractivity contribution is -0.137. The molecule has 34 heavy (non-hydrogen) atoms. The van der Waals surface area contributed by atoms with E-state index < -0.39 is 5.97 Å². The zero-order valence-corrected chi connectivity index (χ0v) is 18.7. The van der Waals surface area contributed by atoms with E-state index in [1.807, 2.05) is 48.5 Å². The van der Waals surface area contributed by atoms with Crippen molar-refractivity contribution >= 4 is 39.2 Å². The number of nitrogens with zero attached hydrogens (tertiary/aromatic N) is 2. The van der Waals surface area contributed by atoms with Gasteiger partial charge >= 0.3 is 5.97 Å². The zero-order chi connectivity index (χ0) is 23.8. The first-order valence-electron chi connectivity index (χ1n) is 11.2. The fourth-order valence-electron chi connectivity index (χ4n) is 4.53. The van der Waals surface area contributed by atoms with Crippen LogP contribution in [0.25, 0.3) is 21.7 Å². The maximum atomic E-state index is 12.6. The van der Waals surface area contributed by atoms with Crippen LogP contribution in [-0.4, -0.2) is 38.4 Å². The SMILES string of the molecule is Cc1nc2ccc3ccc(CNc4ccc5c(c4)CN(CCCC(=O)O)C5=O)cc3c2c(=O)[nH]1. The number of nitrogens with one attached hydrogen (secondary N) is 2. The highest BCUT2D eigenvalue weighted by atomic mass is 16.4. The normalized spacial score (nSPS) is 13.0. The number of fused-ring (bicyclic) bond motifs is 4. The number of aliphatic carboxylic acids is 1. The molecule has 2 heterocycles. The second-order valence-corrected chi connectivity index (χ2v) is 8.62. The lowest BCUT2D eigenvalue weighted by Gasteiger charge is -2.14. The van der Waals surface area contributed by atoms with Gasteiger partial charge in [0.05, 0.1) is 10.9 Å². The molecule has 1 amide bonds. The van der Waals surface area contributed by atoms with Gasteiger partial charge in [0.25, 0.3) is 11.5 Å². The predicted molar refractivity (Wildman–Crippen MR) is 130 cm³/mol. The number of benzene rings is 3. The van der Waals surface area contributed by atoms with E-state index in [0.717, 1.165) is 27.6 Å². The average Bonchev–Trinajstić information content (AvgIpc) is 3.11. The molecule has 0 fully saturated rings. The van der Waals surface area contributed by atoms with Crippen molar-refractivity contribution in [2.45, 2.75) is 32.9 Å². The molecule has 0 saturated heterocycles. The van der Waals surface area contributed by atoms with E-state index in [1.54, 1.807) is 11.8 Å². The van der Waals surface area contributed by atoms with Crippen LogP contribution in [0.2, 0.25) is 0 Å². The Morgan fingerprint density at radius 1 is 1.15 bits per heavy atom. The number of hydrogen-bond acceptors (Lipinski definition) is 5. The van der Waals surface area contributed by atoms with Crippen molar-refractivity contribution in [2.75, 3.05) is 11.9 Å². The molecule has 1 aliphatic heterocycles. The fourth-order valence-corrected chi connectivity index (χ4v) is 4.53. The molecule has 1 aliphatic rings. The Hall–Kier alpha value is -4.20. The van der Waals surface area contributed by atoms with Crippen molar-refractivity contribution in [1.82, 2.24) is 14.9 Å². The predicted octanol–water partition coefficient (Wildman–Crippen LogP) is 3.82. The van der Waals surface area contributed by atoms with Crippen LogP contribution in [0.5, 0.6) is 0 Å². The third-order valence-electron chi connectivity index (χ3n) is 6.17. The number of rotatable bonds is 7. The summed E-state index contributed by atoms with van der Waals surface area (Å²) in [6.45, 7) is 3.24. The summed E-state index contributed by atoms with van der Waals surface area (Å²) in [5.74, 6) is -0.319. The summed E-state index contributed by atoms with van der Waals surface area (Å²) < 4.78 is 0. The van der Waals surface area contributed by atoms with E-state index in [4.69, 9.17) is 5.11 Å². The topological polar surface area (TPSA) is 115 Å². The maximum absolute atomic E-state index is 12.6. The molecule has 0 aliphatic carbocycles. The van der Waals surface area contributed by atoms with E-state index in [1.165, 1.54) is 0 Å². The molecule has 8 nitrogen and oxygen atoms in total. The molecule has 5 rings (SSSR count). The van der Waals surface area contributed by atoms with Gasteiger partial charge in [-0.15, -0.1) is 0 Å². The number of carbonyl (C=O) groups excluding carboxylic acids is 1. The Morgan fingerprint density at radius 3 is 2.79 bits per heavy atom. The van der Waals surface area contributed by atoms with Gasteiger partial charge in [0.2, 0.25) is 0 Å². The third-order valence-corrected chi connectivity index (χ3v) is 6.17. The summed E-state index contributed by atoms with van der Waals surface area (Å²) in [4.78, 5) is 44.8. The number of aromatic nitrogens is 2. The lowest BCUT2D eigenvalue weighted by Crippen LogP contribution is -2.25. The minimum absolute atomic E-state index is 0.0511. The molecule has 0 saturated carbocycles. The number of H-pyrrole nitrogens is 1. The molecule has 8 heteroatoms. The van der Waals surface area contributed by atoms with Crippen molar-refractivity contribution in [1.29, 1.82) is 0 Å². The summed E-state index contributed by atoms with van der Waals surface area (Å²) in [7, 11) is 0. The molecule has 0 spiro atoms. The van der Waals surface area contributed by atoms with Crippen molar-refractivity contribution in [2.24, 2.45) is 0 Å². The van der Waals surface area contributed by atoms with Gasteiger partial charge in [0.1, 0.15) is 5.82 Å². The number of amides is 1. The Labute approximate surface area is 195 Å². The number of hydrogen-bond donors (Lipinski definition) is 3. The number of carboxylic acid groups (broad SMARTS) is 1. The third kappa shape index (κ3) is 4.10. The Morgan fingerprint density at radius 2 is 1.97 bits per heavy atom. The first-order chi connectivity index (χ1) is 16.4. The first kappa shape index (κ1) is 21.6. The summed E-state index contributed by atoms with van der Waals surface area (Å²) in [5.41, 5.74) is 4.05. The Kier molecular flexibility index (Phi) is 5.49. The van der Waals surface area contributed by atoms with Crippen molar-refractivity contribution in [3.8, 4) is 0 Å². The molecule has 0 atom stereocenters. The summed E-state index contributed by atoms with van der Waals surface area (Å²) in [5, 5.41) is 14.7. The highest BCUT2D eigenvalue weighted by molar-refractivity contribution is 6.05. The van der Waals surface area contributed by atoms with Gasteiger partial charge in [-0.05, 0) is 65.6 Å². The molecule has 4 aromatic rings.